The van der Waals surface area contributed by atoms with Crippen LogP contribution < -0.4 is 11.1 Å². The summed E-state index contributed by atoms with van der Waals surface area (Å²) < 4.78 is 0. The molecule has 0 aliphatic rings. The van der Waals surface area contributed by atoms with E-state index < -0.39 is 0 Å². The Hall–Kier alpha value is -0.380. The van der Waals surface area contributed by atoms with E-state index in [-0.39, 0.29) is 6.04 Å². The average Bonchev–Trinajstić information content (AvgIpc) is 2.69. The minimum atomic E-state index is 0.128. The first-order chi connectivity index (χ1) is 7.43. The Bertz CT molecular complexity index is 291. The lowest BCUT2D eigenvalue weighted by atomic mass is 9.81. The van der Waals surface area contributed by atoms with Crippen molar-refractivity contribution < 1.29 is 0 Å². The average molecular weight is 240 g/mol. The molecule has 0 aliphatic carbocycles. The lowest BCUT2D eigenvalue weighted by Gasteiger charge is -2.30. The Morgan fingerprint density at radius 1 is 1.44 bits per heavy atom. The number of nitrogens with one attached hydrogen (secondary N) is 1. The van der Waals surface area contributed by atoms with Gasteiger partial charge in [-0.3, -0.25) is 0 Å². The highest BCUT2D eigenvalue weighted by atomic mass is 32.1. The normalized spacial score (nSPS) is 14.4. The predicted octanol–water partition coefficient (Wildman–Crippen LogP) is 3.02. The Morgan fingerprint density at radius 3 is 2.62 bits per heavy atom. The molecule has 0 saturated carbocycles. The van der Waals surface area contributed by atoms with Crippen LogP contribution in [0.5, 0.6) is 0 Å². The van der Waals surface area contributed by atoms with Crippen LogP contribution in [0.15, 0.2) is 17.5 Å². The molecule has 1 atom stereocenters. The second kappa shape index (κ2) is 5.80. The quantitative estimate of drug-likeness (QED) is 0.802. The van der Waals surface area contributed by atoms with E-state index in [0.717, 1.165) is 13.1 Å². The molecule has 0 aromatic carbocycles. The lowest BCUT2D eigenvalue weighted by Crippen LogP contribution is -2.36. The highest BCUT2D eigenvalue weighted by Gasteiger charge is 2.21. The predicted molar refractivity (Wildman–Crippen MR) is 72.7 cm³/mol. The minimum Gasteiger partial charge on any atom is -0.322 e. The van der Waals surface area contributed by atoms with Gasteiger partial charge in [-0.15, -0.1) is 11.3 Å². The topological polar surface area (TPSA) is 38.0 Å². The number of nitrogens with two attached hydrogens (primary N) is 1. The highest BCUT2D eigenvalue weighted by Crippen LogP contribution is 2.25. The van der Waals surface area contributed by atoms with E-state index in [1.54, 1.807) is 11.3 Å². The fourth-order valence-electron chi connectivity index (χ4n) is 1.36. The van der Waals surface area contributed by atoms with E-state index in [0.29, 0.717) is 11.3 Å². The van der Waals surface area contributed by atoms with Crippen molar-refractivity contribution in [3.63, 3.8) is 0 Å². The van der Waals surface area contributed by atoms with Gasteiger partial charge >= 0.3 is 0 Å². The van der Waals surface area contributed by atoms with E-state index in [1.165, 1.54) is 4.88 Å². The zero-order valence-corrected chi connectivity index (χ0v) is 11.6. The van der Waals surface area contributed by atoms with Crippen molar-refractivity contribution in [3.8, 4) is 0 Å². The lowest BCUT2D eigenvalue weighted by molar-refractivity contribution is 0.237. The summed E-state index contributed by atoms with van der Waals surface area (Å²) in [6, 6.07) is 4.28. The van der Waals surface area contributed by atoms with E-state index >= 15 is 0 Å². The van der Waals surface area contributed by atoms with Crippen molar-refractivity contribution in [1.82, 2.24) is 5.32 Å². The summed E-state index contributed by atoms with van der Waals surface area (Å²) in [6.45, 7) is 11.0. The van der Waals surface area contributed by atoms with E-state index in [2.05, 4.69) is 50.5 Å². The van der Waals surface area contributed by atoms with Gasteiger partial charge in [0, 0.05) is 18.0 Å². The Morgan fingerprint density at radius 2 is 2.12 bits per heavy atom. The zero-order chi connectivity index (χ0) is 12.2. The summed E-state index contributed by atoms with van der Waals surface area (Å²) in [4.78, 5) is 1.26. The molecular weight excluding hydrogens is 216 g/mol. The molecule has 3 N–H and O–H groups in total. The minimum absolute atomic E-state index is 0.128. The van der Waals surface area contributed by atoms with Crippen LogP contribution in [0, 0.1) is 11.3 Å². The third-order valence-corrected chi connectivity index (χ3v) is 4.42. The number of hydrogen-bond donors (Lipinski definition) is 2. The molecule has 0 fully saturated rings. The summed E-state index contributed by atoms with van der Waals surface area (Å²) in [5.74, 6) is 0.679. The molecule has 1 unspecified atom stereocenters. The second-order valence-electron chi connectivity index (χ2n) is 5.40. The van der Waals surface area contributed by atoms with Gasteiger partial charge in [-0.25, -0.2) is 0 Å². The maximum Gasteiger partial charge on any atom is 0.0516 e. The van der Waals surface area contributed by atoms with Crippen molar-refractivity contribution in [2.45, 2.75) is 33.7 Å². The van der Waals surface area contributed by atoms with Crippen LogP contribution >= 0.6 is 11.3 Å². The van der Waals surface area contributed by atoms with Crippen molar-refractivity contribution in [2.24, 2.45) is 17.1 Å². The van der Waals surface area contributed by atoms with Gasteiger partial charge in [-0.1, -0.05) is 33.8 Å². The summed E-state index contributed by atoms with van der Waals surface area (Å²) >= 11 is 1.73. The third kappa shape index (κ3) is 3.89. The molecule has 0 saturated heterocycles. The summed E-state index contributed by atoms with van der Waals surface area (Å²) in [7, 11) is 0. The molecule has 1 heterocycles. The number of hydrogen-bond acceptors (Lipinski definition) is 3. The molecule has 92 valence electrons. The van der Waals surface area contributed by atoms with Crippen LogP contribution in [0.4, 0.5) is 0 Å². The molecule has 1 aromatic heterocycles. The van der Waals surface area contributed by atoms with E-state index in [4.69, 9.17) is 5.73 Å². The Balaban J connectivity index is 2.31. The van der Waals surface area contributed by atoms with E-state index in [1.807, 2.05) is 0 Å². The molecule has 1 aromatic rings. The van der Waals surface area contributed by atoms with Gasteiger partial charge in [0.05, 0.1) is 6.04 Å². The molecule has 1 rings (SSSR count). The van der Waals surface area contributed by atoms with Crippen LogP contribution in [-0.4, -0.2) is 13.1 Å². The molecule has 0 aliphatic heterocycles. The molecule has 3 heteroatoms. The second-order valence-corrected chi connectivity index (χ2v) is 6.38. The molecule has 0 bridgehead atoms. The highest BCUT2D eigenvalue weighted by molar-refractivity contribution is 7.10. The zero-order valence-electron chi connectivity index (χ0n) is 10.8. The van der Waals surface area contributed by atoms with Crippen molar-refractivity contribution in [2.75, 3.05) is 13.1 Å². The molecule has 0 radical (unpaired) electrons. The first-order valence-corrected chi connectivity index (χ1v) is 6.81. The van der Waals surface area contributed by atoms with Crippen LogP contribution in [0.3, 0.4) is 0 Å². The standard InChI is InChI=1S/C13H24N2S/c1-10(2)13(3,4)9-15-8-11(14)12-6-5-7-16-12/h5-7,10-11,15H,8-9,14H2,1-4H3. The Labute approximate surface area is 103 Å². The van der Waals surface area contributed by atoms with Gasteiger partial charge in [0.15, 0.2) is 0 Å². The summed E-state index contributed by atoms with van der Waals surface area (Å²) in [5, 5.41) is 5.55. The maximum atomic E-state index is 6.09. The summed E-state index contributed by atoms with van der Waals surface area (Å²) in [5.41, 5.74) is 6.42. The summed E-state index contributed by atoms with van der Waals surface area (Å²) in [6.07, 6.45) is 0. The van der Waals surface area contributed by atoms with Gasteiger partial charge < -0.3 is 11.1 Å². The Kier molecular flexibility index (Phi) is 4.96. The van der Waals surface area contributed by atoms with Gasteiger partial charge in [0.1, 0.15) is 0 Å². The third-order valence-electron chi connectivity index (χ3n) is 3.42. The van der Waals surface area contributed by atoms with Gasteiger partial charge in [-0.2, -0.15) is 0 Å². The molecule has 16 heavy (non-hydrogen) atoms. The molecule has 2 nitrogen and oxygen atoms in total. The van der Waals surface area contributed by atoms with Crippen molar-refractivity contribution in [1.29, 1.82) is 0 Å². The fourth-order valence-corrected chi connectivity index (χ4v) is 2.09. The first-order valence-electron chi connectivity index (χ1n) is 5.93. The van der Waals surface area contributed by atoms with Crippen LogP contribution in [0.1, 0.15) is 38.6 Å². The maximum absolute atomic E-state index is 6.09. The SMILES string of the molecule is CC(C)C(C)(C)CNCC(N)c1cccs1. The molecular formula is C13H24N2S. The van der Waals surface area contributed by atoms with Crippen LogP contribution in [0.25, 0.3) is 0 Å². The van der Waals surface area contributed by atoms with Crippen molar-refractivity contribution >= 4 is 11.3 Å². The molecule has 0 amide bonds. The molecule has 0 spiro atoms. The monoisotopic (exact) mass is 240 g/mol. The number of thiophene rings is 1. The van der Waals surface area contributed by atoms with Crippen molar-refractivity contribution in [3.05, 3.63) is 22.4 Å². The van der Waals surface area contributed by atoms with Crippen LogP contribution in [0.2, 0.25) is 0 Å². The van der Waals surface area contributed by atoms with Gasteiger partial charge in [0.25, 0.3) is 0 Å². The van der Waals surface area contributed by atoms with E-state index in [9.17, 15) is 0 Å². The van der Waals surface area contributed by atoms with Crippen LogP contribution in [-0.2, 0) is 0 Å². The smallest absolute Gasteiger partial charge is 0.0516 e. The van der Waals surface area contributed by atoms with Gasteiger partial charge in [0.2, 0.25) is 0 Å². The van der Waals surface area contributed by atoms with Gasteiger partial charge in [-0.05, 0) is 22.8 Å². The largest absolute Gasteiger partial charge is 0.322 e. The number of rotatable bonds is 6. The fraction of sp³-hybridized carbons (Fsp3) is 0.692. The first kappa shape index (κ1) is 13.7.